The van der Waals surface area contributed by atoms with Gasteiger partial charge in [0.25, 0.3) is 0 Å². The van der Waals surface area contributed by atoms with Crippen LogP contribution in [0.15, 0.2) is 24.3 Å². The molecule has 0 saturated heterocycles. The average Bonchev–Trinajstić information content (AvgIpc) is 2.61. The third-order valence-corrected chi connectivity index (χ3v) is 2.69. The standard InChI is InChI=1S/C15H16N2O2/c1-10-7-12-8-11(9-16)5-6-13(12)17(10)14(18)19-15(2,3)4/h5-8H,1-4H3. The summed E-state index contributed by atoms with van der Waals surface area (Å²) in [5, 5.41) is 9.75. The van der Waals surface area contributed by atoms with Crippen LogP contribution in [0, 0.1) is 18.3 Å². The molecule has 0 aliphatic carbocycles. The summed E-state index contributed by atoms with van der Waals surface area (Å²) in [4.78, 5) is 12.2. The number of hydrogen-bond donors (Lipinski definition) is 0. The maximum atomic E-state index is 12.2. The lowest BCUT2D eigenvalue weighted by Crippen LogP contribution is -2.27. The quantitative estimate of drug-likeness (QED) is 0.723. The number of aromatic nitrogens is 1. The highest BCUT2D eigenvalue weighted by Gasteiger charge is 2.20. The van der Waals surface area contributed by atoms with Crippen LogP contribution in [0.5, 0.6) is 0 Å². The summed E-state index contributed by atoms with van der Waals surface area (Å²) in [6, 6.07) is 9.20. The summed E-state index contributed by atoms with van der Waals surface area (Å²) in [7, 11) is 0. The first-order valence-corrected chi connectivity index (χ1v) is 6.07. The number of aryl methyl sites for hydroxylation is 1. The van der Waals surface area contributed by atoms with Crippen LogP contribution in [0.4, 0.5) is 4.79 Å². The Labute approximate surface area is 112 Å². The van der Waals surface area contributed by atoms with Crippen molar-refractivity contribution in [3.63, 3.8) is 0 Å². The van der Waals surface area contributed by atoms with Gasteiger partial charge in [-0.15, -0.1) is 0 Å². The first-order chi connectivity index (χ1) is 8.81. The Bertz CT molecular complexity index is 684. The van der Waals surface area contributed by atoms with Crippen molar-refractivity contribution in [3.05, 3.63) is 35.5 Å². The number of ether oxygens (including phenoxy) is 1. The van der Waals surface area contributed by atoms with Gasteiger partial charge in [0.05, 0.1) is 17.1 Å². The molecule has 19 heavy (non-hydrogen) atoms. The second kappa shape index (κ2) is 4.43. The molecule has 0 saturated carbocycles. The molecule has 2 rings (SSSR count). The molecule has 2 aromatic rings. The smallest absolute Gasteiger partial charge is 0.419 e. The number of benzene rings is 1. The van der Waals surface area contributed by atoms with Gasteiger partial charge in [0.2, 0.25) is 0 Å². The summed E-state index contributed by atoms with van der Waals surface area (Å²) in [6.07, 6.45) is -0.398. The van der Waals surface area contributed by atoms with E-state index in [4.69, 9.17) is 10.00 Å². The second-order valence-corrected chi connectivity index (χ2v) is 5.49. The average molecular weight is 256 g/mol. The molecule has 4 nitrogen and oxygen atoms in total. The van der Waals surface area contributed by atoms with E-state index in [0.717, 1.165) is 16.6 Å². The minimum absolute atomic E-state index is 0.398. The highest BCUT2D eigenvalue weighted by atomic mass is 16.6. The third kappa shape index (κ3) is 2.60. The highest BCUT2D eigenvalue weighted by Crippen LogP contribution is 2.22. The molecule has 0 aliphatic rings. The summed E-state index contributed by atoms with van der Waals surface area (Å²) >= 11 is 0. The molecule has 0 atom stereocenters. The minimum Gasteiger partial charge on any atom is -0.443 e. The van der Waals surface area contributed by atoms with E-state index in [0.29, 0.717) is 5.56 Å². The fraction of sp³-hybridized carbons (Fsp3) is 0.333. The van der Waals surface area contributed by atoms with Crippen molar-refractivity contribution in [2.45, 2.75) is 33.3 Å². The van der Waals surface area contributed by atoms with Gasteiger partial charge in [0, 0.05) is 11.1 Å². The van der Waals surface area contributed by atoms with Crippen LogP contribution in [-0.2, 0) is 4.74 Å². The number of nitrogens with zero attached hydrogens (tertiary/aromatic N) is 2. The fourth-order valence-electron chi connectivity index (χ4n) is 1.97. The van der Waals surface area contributed by atoms with Gasteiger partial charge in [-0.3, -0.25) is 0 Å². The molecule has 98 valence electrons. The molecule has 0 N–H and O–H groups in total. The number of rotatable bonds is 0. The van der Waals surface area contributed by atoms with E-state index in [1.165, 1.54) is 4.57 Å². The largest absolute Gasteiger partial charge is 0.443 e. The molecular weight excluding hydrogens is 240 g/mol. The van der Waals surface area contributed by atoms with E-state index in [9.17, 15) is 4.79 Å². The summed E-state index contributed by atoms with van der Waals surface area (Å²) < 4.78 is 6.92. The number of carbonyl (C=O) groups is 1. The number of carbonyl (C=O) groups excluding carboxylic acids is 1. The predicted octanol–water partition coefficient (Wildman–Crippen LogP) is 3.60. The number of nitriles is 1. The Hall–Kier alpha value is -2.28. The molecule has 0 aliphatic heterocycles. The lowest BCUT2D eigenvalue weighted by atomic mass is 10.2. The van der Waals surface area contributed by atoms with Crippen LogP contribution < -0.4 is 0 Å². The molecule has 1 heterocycles. The van der Waals surface area contributed by atoms with Crippen LogP contribution in [0.3, 0.4) is 0 Å². The predicted molar refractivity (Wildman–Crippen MR) is 73.0 cm³/mol. The van der Waals surface area contributed by atoms with Crippen molar-refractivity contribution in [3.8, 4) is 6.07 Å². The van der Waals surface area contributed by atoms with Crippen molar-refractivity contribution >= 4 is 17.0 Å². The highest BCUT2D eigenvalue weighted by molar-refractivity contribution is 5.91. The van der Waals surface area contributed by atoms with Gasteiger partial charge in [-0.25, -0.2) is 9.36 Å². The molecule has 4 heteroatoms. The lowest BCUT2D eigenvalue weighted by Gasteiger charge is -2.20. The summed E-state index contributed by atoms with van der Waals surface area (Å²) in [6.45, 7) is 7.34. The van der Waals surface area contributed by atoms with E-state index in [1.807, 2.05) is 33.8 Å². The Morgan fingerprint density at radius 1 is 1.32 bits per heavy atom. The maximum absolute atomic E-state index is 12.2. The van der Waals surface area contributed by atoms with E-state index in [-0.39, 0.29) is 0 Å². The van der Waals surface area contributed by atoms with Gasteiger partial charge in [0.1, 0.15) is 5.60 Å². The normalized spacial score (nSPS) is 11.3. The fourth-order valence-corrected chi connectivity index (χ4v) is 1.97. The van der Waals surface area contributed by atoms with Crippen molar-refractivity contribution in [2.75, 3.05) is 0 Å². The molecule has 0 spiro atoms. The van der Waals surface area contributed by atoms with Gasteiger partial charge in [0.15, 0.2) is 0 Å². The monoisotopic (exact) mass is 256 g/mol. The van der Waals surface area contributed by atoms with Gasteiger partial charge in [-0.2, -0.15) is 5.26 Å². The van der Waals surface area contributed by atoms with Crippen molar-refractivity contribution in [1.82, 2.24) is 4.57 Å². The Morgan fingerprint density at radius 2 is 2.00 bits per heavy atom. The van der Waals surface area contributed by atoms with Crippen LogP contribution >= 0.6 is 0 Å². The lowest BCUT2D eigenvalue weighted by molar-refractivity contribution is 0.0542. The molecule has 1 aromatic heterocycles. The first-order valence-electron chi connectivity index (χ1n) is 6.07. The zero-order valence-electron chi connectivity index (χ0n) is 11.5. The first kappa shape index (κ1) is 13.2. The maximum Gasteiger partial charge on any atom is 0.419 e. The van der Waals surface area contributed by atoms with Gasteiger partial charge >= 0.3 is 6.09 Å². The van der Waals surface area contributed by atoms with Gasteiger partial charge in [-0.05, 0) is 52.0 Å². The molecule has 1 aromatic carbocycles. The van der Waals surface area contributed by atoms with Gasteiger partial charge < -0.3 is 4.74 Å². The summed E-state index contributed by atoms with van der Waals surface area (Å²) in [5.41, 5.74) is 1.59. The Balaban J connectivity index is 2.52. The van der Waals surface area contributed by atoms with E-state index >= 15 is 0 Å². The minimum atomic E-state index is -0.535. The SMILES string of the molecule is Cc1cc2cc(C#N)ccc2n1C(=O)OC(C)(C)C. The topological polar surface area (TPSA) is 55.0 Å². The molecule has 0 fully saturated rings. The van der Waals surface area contributed by atoms with Crippen LogP contribution in [0.1, 0.15) is 32.0 Å². The Kier molecular flexibility index (Phi) is 3.07. The number of fused-ring (bicyclic) bond motifs is 1. The van der Waals surface area contributed by atoms with Crippen molar-refractivity contribution in [2.24, 2.45) is 0 Å². The number of hydrogen-bond acceptors (Lipinski definition) is 3. The van der Waals surface area contributed by atoms with Crippen LogP contribution in [0.2, 0.25) is 0 Å². The third-order valence-electron chi connectivity index (χ3n) is 2.69. The molecule has 0 unspecified atom stereocenters. The van der Waals surface area contributed by atoms with Gasteiger partial charge in [-0.1, -0.05) is 0 Å². The van der Waals surface area contributed by atoms with E-state index < -0.39 is 11.7 Å². The zero-order valence-corrected chi connectivity index (χ0v) is 11.5. The second-order valence-electron chi connectivity index (χ2n) is 5.49. The zero-order chi connectivity index (χ0) is 14.2. The van der Waals surface area contributed by atoms with Crippen molar-refractivity contribution in [1.29, 1.82) is 5.26 Å². The summed E-state index contributed by atoms with van der Waals surface area (Å²) in [5.74, 6) is 0. The van der Waals surface area contributed by atoms with Crippen LogP contribution in [-0.4, -0.2) is 16.3 Å². The molecular formula is C15H16N2O2. The van der Waals surface area contributed by atoms with Crippen molar-refractivity contribution < 1.29 is 9.53 Å². The molecule has 0 amide bonds. The molecule has 0 bridgehead atoms. The van der Waals surface area contributed by atoms with Crippen LogP contribution in [0.25, 0.3) is 10.9 Å². The molecule has 0 radical (unpaired) electrons. The Morgan fingerprint density at radius 3 is 2.58 bits per heavy atom. The van der Waals surface area contributed by atoms with E-state index in [1.54, 1.807) is 18.2 Å². The van der Waals surface area contributed by atoms with E-state index in [2.05, 4.69) is 6.07 Å².